The highest BCUT2D eigenvalue weighted by atomic mass is 16.2. The Morgan fingerprint density at radius 3 is 2.64 bits per heavy atom. The minimum absolute atomic E-state index is 0.304. The van der Waals surface area contributed by atoms with Crippen molar-refractivity contribution < 1.29 is 4.79 Å². The number of hydrogen-bond donors (Lipinski definition) is 2. The maximum absolute atomic E-state index is 11.9. The molecule has 0 aromatic carbocycles. The van der Waals surface area contributed by atoms with E-state index in [0.717, 1.165) is 0 Å². The van der Waals surface area contributed by atoms with Crippen LogP contribution in [0.1, 0.15) is 16.2 Å². The molecule has 3 rings (SSSR count). The molecule has 7 heteroatoms. The van der Waals surface area contributed by atoms with E-state index in [4.69, 9.17) is 0 Å². The van der Waals surface area contributed by atoms with Gasteiger partial charge < -0.3 is 0 Å². The van der Waals surface area contributed by atoms with Crippen molar-refractivity contribution in [2.24, 2.45) is 5.10 Å². The molecule has 108 valence electrons. The number of carbonyl (C=O) groups excluding carboxylic acids is 1. The normalized spacial score (nSPS) is 10.7. The van der Waals surface area contributed by atoms with Gasteiger partial charge in [-0.1, -0.05) is 12.1 Å². The second kappa shape index (κ2) is 6.40. The summed E-state index contributed by atoms with van der Waals surface area (Å²) < 4.78 is 0. The van der Waals surface area contributed by atoms with E-state index in [1.165, 1.54) is 6.21 Å². The van der Waals surface area contributed by atoms with Crippen LogP contribution in [0.4, 0.5) is 0 Å². The first-order valence-electron chi connectivity index (χ1n) is 6.54. The highest BCUT2D eigenvalue weighted by Gasteiger charge is 2.10. The van der Waals surface area contributed by atoms with Crippen LogP contribution >= 0.6 is 0 Å². The van der Waals surface area contributed by atoms with Gasteiger partial charge in [0.05, 0.1) is 17.6 Å². The van der Waals surface area contributed by atoms with E-state index in [2.05, 4.69) is 30.7 Å². The third kappa shape index (κ3) is 3.21. The maximum Gasteiger partial charge on any atom is 0.289 e. The summed E-state index contributed by atoms with van der Waals surface area (Å²) in [6, 6.07) is 12.5. The average molecular weight is 292 g/mol. The smallest absolute Gasteiger partial charge is 0.272 e. The van der Waals surface area contributed by atoms with Crippen molar-refractivity contribution in [3.63, 3.8) is 0 Å². The quantitative estimate of drug-likeness (QED) is 0.564. The SMILES string of the molecule is O=C(N/N=C/c1ccccn1)c1cc(-c2ccccn2)n[nH]1. The number of nitrogens with one attached hydrogen (secondary N) is 2. The van der Waals surface area contributed by atoms with Crippen LogP contribution in [0.25, 0.3) is 11.4 Å². The summed E-state index contributed by atoms with van der Waals surface area (Å²) in [4.78, 5) is 20.2. The fourth-order valence-corrected chi connectivity index (χ4v) is 1.75. The molecule has 0 radical (unpaired) electrons. The molecule has 22 heavy (non-hydrogen) atoms. The Hall–Kier alpha value is -3.35. The van der Waals surface area contributed by atoms with Gasteiger partial charge in [-0.25, -0.2) is 5.43 Å². The number of aromatic nitrogens is 4. The Kier molecular flexibility index (Phi) is 3.96. The number of hydrazone groups is 1. The van der Waals surface area contributed by atoms with Gasteiger partial charge in [0, 0.05) is 12.4 Å². The lowest BCUT2D eigenvalue weighted by molar-refractivity contribution is 0.0950. The molecule has 0 saturated heterocycles. The zero-order valence-electron chi connectivity index (χ0n) is 11.5. The summed E-state index contributed by atoms with van der Waals surface area (Å²) in [5, 5.41) is 10.6. The molecule has 2 N–H and O–H groups in total. The molecule has 3 heterocycles. The number of rotatable bonds is 4. The lowest BCUT2D eigenvalue weighted by Gasteiger charge is -1.95. The van der Waals surface area contributed by atoms with E-state index in [-0.39, 0.29) is 5.91 Å². The minimum atomic E-state index is -0.387. The molecule has 1 amide bonds. The van der Waals surface area contributed by atoms with Crippen molar-refractivity contribution in [1.82, 2.24) is 25.6 Å². The fraction of sp³-hybridized carbons (Fsp3) is 0. The average Bonchev–Trinajstić information content (AvgIpc) is 3.07. The topological polar surface area (TPSA) is 95.9 Å². The predicted molar refractivity (Wildman–Crippen MR) is 81.1 cm³/mol. The summed E-state index contributed by atoms with van der Waals surface area (Å²) in [5.41, 5.74) is 4.66. The molecule has 0 unspecified atom stereocenters. The molecule has 0 aliphatic heterocycles. The van der Waals surface area contributed by atoms with Gasteiger partial charge in [-0.3, -0.25) is 19.9 Å². The van der Waals surface area contributed by atoms with E-state index in [0.29, 0.717) is 22.8 Å². The highest BCUT2D eigenvalue weighted by Crippen LogP contribution is 2.13. The molecule has 0 spiro atoms. The van der Waals surface area contributed by atoms with Crippen LogP contribution < -0.4 is 5.43 Å². The molecule has 0 aliphatic rings. The minimum Gasteiger partial charge on any atom is -0.272 e. The summed E-state index contributed by atoms with van der Waals surface area (Å²) in [6.45, 7) is 0. The van der Waals surface area contributed by atoms with E-state index in [9.17, 15) is 4.79 Å². The number of carbonyl (C=O) groups is 1. The molecule has 0 aliphatic carbocycles. The number of H-pyrrole nitrogens is 1. The second-order valence-electron chi connectivity index (χ2n) is 4.34. The second-order valence-corrected chi connectivity index (χ2v) is 4.34. The first kappa shape index (κ1) is 13.6. The van der Waals surface area contributed by atoms with Crippen LogP contribution in [-0.4, -0.2) is 32.3 Å². The van der Waals surface area contributed by atoms with Gasteiger partial charge in [-0.05, 0) is 30.3 Å². The van der Waals surface area contributed by atoms with Crippen LogP contribution in [-0.2, 0) is 0 Å². The Balaban J connectivity index is 1.66. The number of amides is 1. The first-order chi connectivity index (χ1) is 10.8. The van der Waals surface area contributed by atoms with E-state index < -0.39 is 0 Å². The number of hydrogen-bond acceptors (Lipinski definition) is 5. The lowest BCUT2D eigenvalue weighted by Crippen LogP contribution is -2.18. The van der Waals surface area contributed by atoms with Crippen LogP contribution in [0, 0.1) is 0 Å². The summed E-state index contributed by atoms with van der Waals surface area (Å²) in [5.74, 6) is -0.387. The van der Waals surface area contributed by atoms with Gasteiger partial charge in [-0.2, -0.15) is 10.2 Å². The number of aromatic amines is 1. The van der Waals surface area contributed by atoms with Gasteiger partial charge >= 0.3 is 0 Å². The Morgan fingerprint density at radius 2 is 1.91 bits per heavy atom. The molecule has 3 aromatic heterocycles. The van der Waals surface area contributed by atoms with Crippen molar-refractivity contribution in [1.29, 1.82) is 0 Å². The van der Waals surface area contributed by atoms with Crippen molar-refractivity contribution in [2.75, 3.05) is 0 Å². The third-order valence-electron chi connectivity index (χ3n) is 2.80. The molecule has 0 fully saturated rings. The van der Waals surface area contributed by atoms with Gasteiger partial charge in [0.1, 0.15) is 11.4 Å². The molecule has 0 atom stereocenters. The van der Waals surface area contributed by atoms with E-state index in [1.54, 1.807) is 30.6 Å². The van der Waals surface area contributed by atoms with Gasteiger partial charge in [-0.15, -0.1) is 0 Å². The number of nitrogens with zero attached hydrogens (tertiary/aromatic N) is 4. The number of pyridine rings is 2. The molecule has 7 nitrogen and oxygen atoms in total. The Labute approximate surface area is 126 Å². The predicted octanol–water partition coefficient (Wildman–Crippen LogP) is 1.63. The van der Waals surface area contributed by atoms with E-state index in [1.807, 2.05) is 24.3 Å². The van der Waals surface area contributed by atoms with Crippen LogP contribution in [0.5, 0.6) is 0 Å². The van der Waals surface area contributed by atoms with Crippen molar-refractivity contribution in [2.45, 2.75) is 0 Å². The van der Waals surface area contributed by atoms with Crippen molar-refractivity contribution in [3.8, 4) is 11.4 Å². The van der Waals surface area contributed by atoms with Crippen LogP contribution in [0.3, 0.4) is 0 Å². The zero-order chi connectivity index (χ0) is 15.2. The summed E-state index contributed by atoms with van der Waals surface area (Å²) in [6.07, 6.45) is 4.78. The zero-order valence-corrected chi connectivity index (χ0v) is 11.5. The lowest BCUT2D eigenvalue weighted by atomic mass is 10.2. The van der Waals surface area contributed by atoms with Gasteiger partial charge in [0.15, 0.2) is 0 Å². The summed E-state index contributed by atoms with van der Waals surface area (Å²) >= 11 is 0. The largest absolute Gasteiger partial charge is 0.289 e. The monoisotopic (exact) mass is 292 g/mol. The first-order valence-corrected chi connectivity index (χ1v) is 6.54. The van der Waals surface area contributed by atoms with Crippen LogP contribution in [0.2, 0.25) is 0 Å². The van der Waals surface area contributed by atoms with Gasteiger partial charge in [0.2, 0.25) is 0 Å². The maximum atomic E-state index is 11.9. The van der Waals surface area contributed by atoms with E-state index >= 15 is 0 Å². The van der Waals surface area contributed by atoms with Gasteiger partial charge in [0.25, 0.3) is 5.91 Å². The van der Waals surface area contributed by atoms with Crippen molar-refractivity contribution >= 4 is 12.1 Å². The van der Waals surface area contributed by atoms with Crippen LogP contribution in [0.15, 0.2) is 60.0 Å². The molecule has 0 saturated carbocycles. The summed E-state index contributed by atoms with van der Waals surface area (Å²) in [7, 11) is 0. The Morgan fingerprint density at radius 1 is 1.09 bits per heavy atom. The third-order valence-corrected chi connectivity index (χ3v) is 2.80. The molecule has 3 aromatic rings. The van der Waals surface area contributed by atoms with Crippen molar-refractivity contribution in [3.05, 3.63) is 66.2 Å². The molecular weight excluding hydrogens is 280 g/mol. The fourth-order valence-electron chi connectivity index (χ4n) is 1.75. The molecular formula is C15H12N6O. The molecule has 0 bridgehead atoms. The highest BCUT2D eigenvalue weighted by molar-refractivity contribution is 5.93. The Bertz CT molecular complexity index is 782. The standard InChI is InChI=1S/C15H12N6O/c22-15(21-18-10-11-5-1-3-7-16-11)14-9-13(19-20-14)12-6-2-4-8-17-12/h1-10H,(H,19,20)(H,21,22)/b18-10+.